The van der Waals surface area contributed by atoms with E-state index in [0.717, 1.165) is 28.9 Å². The van der Waals surface area contributed by atoms with Crippen LogP contribution in [0.4, 0.5) is 0 Å². The van der Waals surface area contributed by atoms with Gasteiger partial charge in [-0.15, -0.1) is 0 Å². The lowest BCUT2D eigenvalue weighted by Crippen LogP contribution is -2.16. The second-order valence-corrected chi connectivity index (χ2v) is 6.71. The molecule has 0 saturated heterocycles. The molecule has 0 fully saturated rings. The van der Waals surface area contributed by atoms with Crippen LogP contribution in [0.3, 0.4) is 0 Å². The Morgan fingerprint density at radius 1 is 1.14 bits per heavy atom. The summed E-state index contributed by atoms with van der Waals surface area (Å²) < 4.78 is 5.57. The molecule has 0 spiro atoms. The second kappa shape index (κ2) is 5.28. The topological polar surface area (TPSA) is 26.3 Å². The summed E-state index contributed by atoms with van der Waals surface area (Å²) in [7, 11) is 0. The number of carbonyl (C=O) groups is 1. The van der Waals surface area contributed by atoms with Gasteiger partial charge in [-0.3, -0.25) is 4.79 Å². The van der Waals surface area contributed by atoms with Gasteiger partial charge in [0.15, 0.2) is 0 Å². The van der Waals surface area contributed by atoms with E-state index in [9.17, 15) is 4.79 Å². The van der Waals surface area contributed by atoms with Gasteiger partial charge in [0.25, 0.3) is 0 Å². The highest BCUT2D eigenvalue weighted by Crippen LogP contribution is 2.43. The van der Waals surface area contributed by atoms with Gasteiger partial charge >= 0.3 is 5.97 Å². The van der Waals surface area contributed by atoms with Crippen molar-refractivity contribution >= 4 is 5.97 Å². The first-order valence-corrected chi connectivity index (χ1v) is 7.85. The largest absolute Gasteiger partial charge is 0.425 e. The standard InChI is InChI=1S/C20H22O2/c1-5-20(3,4)15-11-13(2)18-16(12-15)17(19(21)22-18)14-9-7-6-8-10-14/h6-12,17H,5H2,1-4H3. The molecule has 0 aromatic heterocycles. The molecule has 3 rings (SSSR count). The van der Waals surface area contributed by atoms with Crippen molar-refractivity contribution < 1.29 is 9.53 Å². The third-order valence-electron chi connectivity index (χ3n) is 4.85. The van der Waals surface area contributed by atoms with Crippen LogP contribution in [-0.4, -0.2) is 5.97 Å². The number of carbonyl (C=O) groups excluding carboxylic acids is 1. The van der Waals surface area contributed by atoms with Crippen LogP contribution in [-0.2, 0) is 10.2 Å². The van der Waals surface area contributed by atoms with Gasteiger partial charge in [0.1, 0.15) is 11.7 Å². The second-order valence-electron chi connectivity index (χ2n) is 6.71. The Labute approximate surface area is 132 Å². The highest BCUT2D eigenvalue weighted by molar-refractivity contribution is 5.90. The average molecular weight is 294 g/mol. The molecule has 1 aliphatic heterocycles. The monoisotopic (exact) mass is 294 g/mol. The van der Waals surface area contributed by atoms with Crippen molar-refractivity contribution in [1.29, 1.82) is 0 Å². The Balaban J connectivity index is 2.16. The molecule has 0 bridgehead atoms. The van der Waals surface area contributed by atoms with E-state index in [-0.39, 0.29) is 17.3 Å². The summed E-state index contributed by atoms with van der Waals surface area (Å²) in [5.41, 5.74) is 4.41. The number of esters is 1. The van der Waals surface area contributed by atoms with Gasteiger partial charge < -0.3 is 4.74 Å². The molecule has 1 atom stereocenters. The Kier molecular flexibility index (Phi) is 3.56. The smallest absolute Gasteiger partial charge is 0.323 e. The molecule has 1 unspecified atom stereocenters. The average Bonchev–Trinajstić information content (AvgIpc) is 2.85. The van der Waals surface area contributed by atoms with Crippen LogP contribution in [0.5, 0.6) is 5.75 Å². The minimum Gasteiger partial charge on any atom is -0.425 e. The highest BCUT2D eigenvalue weighted by atomic mass is 16.5. The summed E-state index contributed by atoms with van der Waals surface area (Å²) in [6.45, 7) is 8.69. The lowest BCUT2D eigenvalue weighted by molar-refractivity contribution is -0.133. The van der Waals surface area contributed by atoms with E-state index < -0.39 is 0 Å². The third kappa shape index (κ3) is 2.33. The Hall–Kier alpha value is -2.09. The molecule has 0 radical (unpaired) electrons. The first kappa shape index (κ1) is 14.8. The van der Waals surface area contributed by atoms with Gasteiger partial charge in [0, 0.05) is 5.56 Å². The molecule has 1 heterocycles. The molecule has 2 aromatic carbocycles. The fraction of sp³-hybridized carbons (Fsp3) is 0.350. The van der Waals surface area contributed by atoms with Crippen molar-refractivity contribution in [2.45, 2.75) is 45.4 Å². The number of fused-ring (bicyclic) bond motifs is 1. The molecule has 22 heavy (non-hydrogen) atoms. The van der Waals surface area contributed by atoms with Gasteiger partial charge in [-0.05, 0) is 35.4 Å². The first-order valence-electron chi connectivity index (χ1n) is 7.85. The quantitative estimate of drug-likeness (QED) is 0.604. The summed E-state index contributed by atoms with van der Waals surface area (Å²) in [6, 6.07) is 14.2. The van der Waals surface area contributed by atoms with Gasteiger partial charge in [0.2, 0.25) is 0 Å². The summed E-state index contributed by atoms with van der Waals surface area (Å²) in [6.07, 6.45) is 1.05. The van der Waals surface area contributed by atoms with Crippen molar-refractivity contribution in [2.75, 3.05) is 0 Å². The Bertz CT molecular complexity index is 714. The molecule has 0 saturated carbocycles. The summed E-state index contributed by atoms with van der Waals surface area (Å²) in [5, 5.41) is 0. The zero-order valence-corrected chi connectivity index (χ0v) is 13.6. The van der Waals surface area contributed by atoms with Crippen LogP contribution >= 0.6 is 0 Å². The predicted octanol–water partition coefficient (Wildman–Crippen LogP) is 4.73. The predicted molar refractivity (Wildman–Crippen MR) is 88.4 cm³/mol. The molecule has 0 N–H and O–H groups in total. The first-order chi connectivity index (χ1) is 10.4. The van der Waals surface area contributed by atoms with E-state index in [0.29, 0.717) is 0 Å². The zero-order chi connectivity index (χ0) is 15.9. The lowest BCUT2D eigenvalue weighted by Gasteiger charge is -2.25. The number of hydrogen-bond acceptors (Lipinski definition) is 2. The maximum Gasteiger partial charge on any atom is 0.323 e. The molecular weight excluding hydrogens is 272 g/mol. The zero-order valence-electron chi connectivity index (χ0n) is 13.6. The maximum atomic E-state index is 12.4. The van der Waals surface area contributed by atoms with Crippen molar-refractivity contribution in [1.82, 2.24) is 0 Å². The fourth-order valence-corrected chi connectivity index (χ4v) is 3.00. The number of rotatable bonds is 3. The SMILES string of the molecule is CCC(C)(C)c1cc(C)c2c(c1)C(c1ccccc1)C(=O)O2. The minimum atomic E-state index is -0.303. The van der Waals surface area contributed by atoms with E-state index in [4.69, 9.17) is 4.74 Å². The van der Waals surface area contributed by atoms with Crippen LogP contribution < -0.4 is 4.74 Å². The van der Waals surface area contributed by atoms with Crippen LogP contribution in [0.1, 0.15) is 55.4 Å². The van der Waals surface area contributed by atoms with E-state index in [2.05, 4.69) is 32.9 Å². The Morgan fingerprint density at radius 3 is 2.45 bits per heavy atom. The van der Waals surface area contributed by atoms with Crippen molar-refractivity contribution in [2.24, 2.45) is 0 Å². The number of aryl methyl sites for hydroxylation is 1. The van der Waals surface area contributed by atoms with Crippen LogP contribution in [0.25, 0.3) is 0 Å². The van der Waals surface area contributed by atoms with Gasteiger partial charge in [-0.25, -0.2) is 0 Å². The molecule has 2 heteroatoms. The van der Waals surface area contributed by atoms with Crippen molar-refractivity contribution in [3.05, 3.63) is 64.7 Å². The fourth-order valence-electron chi connectivity index (χ4n) is 3.00. The molecule has 2 nitrogen and oxygen atoms in total. The number of benzene rings is 2. The van der Waals surface area contributed by atoms with E-state index in [1.54, 1.807) is 0 Å². The van der Waals surface area contributed by atoms with E-state index in [1.165, 1.54) is 5.56 Å². The van der Waals surface area contributed by atoms with Crippen LogP contribution in [0.15, 0.2) is 42.5 Å². The van der Waals surface area contributed by atoms with E-state index in [1.807, 2.05) is 37.3 Å². The minimum absolute atomic E-state index is 0.0899. The molecule has 0 aliphatic carbocycles. The normalized spacial score (nSPS) is 17.3. The molecule has 114 valence electrons. The lowest BCUT2D eigenvalue weighted by atomic mass is 9.79. The highest BCUT2D eigenvalue weighted by Gasteiger charge is 2.36. The molecule has 1 aliphatic rings. The van der Waals surface area contributed by atoms with Crippen molar-refractivity contribution in [3.63, 3.8) is 0 Å². The van der Waals surface area contributed by atoms with E-state index >= 15 is 0 Å². The molecule has 0 amide bonds. The van der Waals surface area contributed by atoms with Gasteiger partial charge in [-0.1, -0.05) is 63.2 Å². The molecule has 2 aromatic rings. The summed E-state index contributed by atoms with van der Waals surface area (Å²) >= 11 is 0. The van der Waals surface area contributed by atoms with Gasteiger partial charge in [-0.2, -0.15) is 0 Å². The van der Waals surface area contributed by atoms with Crippen LogP contribution in [0.2, 0.25) is 0 Å². The number of hydrogen-bond donors (Lipinski definition) is 0. The van der Waals surface area contributed by atoms with Crippen molar-refractivity contribution in [3.8, 4) is 5.75 Å². The molecular formula is C20H22O2. The summed E-state index contributed by atoms with van der Waals surface area (Å²) in [5.74, 6) is 0.271. The third-order valence-corrected chi connectivity index (χ3v) is 4.85. The van der Waals surface area contributed by atoms with Crippen LogP contribution in [0, 0.1) is 6.92 Å². The van der Waals surface area contributed by atoms with Gasteiger partial charge in [0.05, 0.1) is 0 Å². The number of ether oxygens (including phenoxy) is 1. The summed E-state index contributed by atoms with van der Waals surface area (Å²) in [4.78, 5) is 12.4. The Morgan fingerprint density at radius 2 is 1.82 bits per heavy atom. The maximum absolute atomic E-state index is 12.4.